The summed E-state index contributed by atoms with van der Waals surface area (Å²) in [7, 11) is 0. The molecule has 0 spiro atoms. The Balaban J connectivity index is 1.58. The van der Waals surface area contributed by atoms with Crippen molar-refractivity contribution in [1.82, 2.24) is 20.0 Å². The molecule has 0 saturated heterocycles. The second-order valence-corrected chi connectivity index (χ2v) is 6.03. The second-order valence-electron chi connectivity index (χ2n) is 6.03. The Morgan fingerprint density at radius 2 is 2.25 bits per heavy atom. The highest BCUT2D eigenvalue weighted by atomic mass is 16.5. The van der Waals surface area contributed by atoms with Crippen LogP contribution in [0.3, 0.4) is 0 Å². The summed E-state index contributed by atoms with van der Waals surface area (Å²) in [5.74, 6) is 0.567. The fourth-order valence-electron chi connectivity index (χ4n) is 3.27. The van der Waals surface area contributed by atoms with E-state index < -0.39 is 0 Å². The molecule has 4 heterocycles. The zero-order chi connectivity index (χ0) is 16.7. The van der Waals surface area contributed by atoms with Crippen molar-refractivity contribution in [3.63, 3.8) is 0 Å². The number of aryl methyl sites for hydroxylation is 2. The van der Waals surface area contributed by atoms with E-state index in [4.69, 9.17) is 4.52 Å². The smallest absolute Gasteiger partial charge is 0.259 e. The van der Waals surface area contributed by atoms with Gasteiger partial charge in [-0.05, 0) is 38.0 Å². The van der Waals surface area contributed by atoms with Crippen LogP contribution in [0.2, 0.25) is 0 Å². The number of pyridine rings is 1. The molecule has 0 fully saturated rings. The van der Waals surface area contributed by atoms with Crippen molar-refractivity contribution in [1.29, 1.82) is 0 Å². The summed E-state index contributed by atoms with van der Waals surface area (Å²) in [6.45, 7) is 4.85. The van der Waals surface area contributed by atoms with Gasteiger partial charge in [0.15, 0.2) is 0 Å². The van der Waals surface area contributed by atoms with Gasteiger partial charge in [0.1, 0.15) is 17.0 Å². The van der Waals surface area contributed by atoms with Crippen molar-refractivity contribution in [3.8, 4) is 0 Å². The molecular weight excluding hydrogens is 304 g/mol. The summed E-state index contributed by atoms with van der Waals surface area (Å²) in [5.41, 5.74) is 4.54. The molecule has 1 aliphatic heterocycles. The van der Waals surface area contributed by atoms with Gasteiger partial charge in [0.05, 0.1) is 5.69 Å². The molecular formula is C18H18N4O2. The summed E-state index contributed by atoms with van der Waals surface area (Å²) in [5, 5.41) is 4.99. The third-order valence-electron chi connectivity index (χ3n) is 4.54. The predicted octanol–water partition coefficient (Wildman–Crippen LogP) is 3.10. The lowest BCUT2D eigenvalue weighted by Gasteiger charge is -2.26. The van der Waals surface area contributed by atoms with E-state index in [1.165, 1.54) is 11.1 Å². The minimum atomic E-state index is -0.0119. The zero-order valence-corrected chi connectivity index (χ0v) is 13.7. The lowest BCUT2D eigenvalue weighted by molar-refractivity contribution is 0.0770. The zero-order valence-electron chi connectivity index (χ0n) is 13.7. The number of nitrogens with zero attached hydrogens (tertiary/aromatic N) is 3. The Hall–Kier alpha value is -2.89. The fourth-order valence-corrected chi connectivity index (χ4v) is 3.27. The molecule has 0 atom stereocenters. The van der Waals surface area contributed by atoms with E-state index in [2.05, 4.69) is 27.3 Å². The molecule has 3 aromatic rings. The third-order valence-corrected chi connectivity index (χ3v) is 4.54. The highest BCUT2D eigenvalue weighted by Crippen LogP contribution is 2.29. The molecule has 24 heavy (non-hydrogen) atoms. The Morgan fingerprint density at radius 1 is 1.38 bits per heavy atom. The Bertz CT molecular complexity index is 931. The van der Waals surface area contributed by atoms with Gasteiger partial charge in [0.25, 0.3) is 5.91 Å². The molecule has 1 amide bonds. The van der Waals surface area contributed by atoms with Crippen LogP contribution in [0.1, 0.15) is 33.8 Å². The highest BCUT2D eigenvalue weighted by molar-refractivity contribution is 5.97. The van der Waals surface area contributed by atoms with Gasteiger partial charge in [-0.3, -0.25) is 4.79 Å². The van der Waals surface area contributed by atoms with E-state index >= 15 is 0 Å². The number of hydrogen-bond donors (Lipinski definition) is 1. The molecule has 6 heteroatoms. The number of fused-ring (bicyclic) bond motifs is 1. The molecule has 3 aromatic heterocycles. The van der Waals surface area contributed by atoms with E-state index in [9.17, 15) is 4.79 Å². The van der Waals surface area contributed by atoms with Gasteiger partial charge in [0.2, 0.25) is 0 Å². The van der Waals surface area contributed by atoms with Crippen LogP contribution >= 0.6 is 0 Å². The van der Waals surface area contributed by atoms with Crippen LogP contribution in [-0.2, 0) is 0 Å². The van der Waals surface area contributed by atoms with Crippen molar-refractivity contribution < 1.29 is 9.32 Å². The first-order valence-electron chi connectivity index (χ1n) is 7.99. The van der Waals surface area contributed by atoms with Crippen molar-refractivity contribution in [3.05, 3.63) is 53.2 Å². The maximum atomic E-state index is 12.7. The fraction of sp³-hybridized carbons (Fsp3) is 0.278. The Labute approximate surface area is 139 Å². The van der Waals surface area contributed by atoms with E-state index in [1.807, 2.05) is 17.2 Å². The summed E-state index contributed by atoms with van der Waals surface area (Å²) in [4.78, 5) is 22.1. The second kappa shape index (κ2) is 5.63. The monoisotopic (exact) mass is 322 g/mol. The van der Waals surface area contributed by atoms with Crippen LogP contribution in [0.5, 0.6) is 0 Å². The van der Waals surface area contributed by atoms with Crippen molar-refractivity contribution in [2.24, 2.45) is 0 Å². The predicted molar refractivity (Wildman–Crippen MR) is 90.6 cm³/mol. The van der Waals surface area contributed by atoms with Crippen LogP contribution in [0.25, 0.3) is 16.6 Å². The van der Waals surface area contributed by atoms with E-state index in [0.717, 1.165) is 17.5 Å². The van der Waals surface area contributed by atoms with Crippen LogP contribution in [-0.4, -0.2) is 39.0 Å². The molecule has 1 N–H and O–H groups in total. The molecule has 0 aromatic carbocycles. The summed E-state index contributed by atoms with van der Waals surface area (Å²) < 4.78 is 5.11. The summed E-state index contributed by atoms with van der Waals surface area (Å²) in [6.07, 6.45) is 6.71. The van der Waals surface area contributed by atoms with Gasteiger partial charge in [-0.25, -0.2) is 4.98 Å². The minimum Gasteiger partial charge on any atom is -0.361 e. The van der Waals surface area contributed by atoms with Gasteiger partial charge in [-0.15, -0.1) is 0 Å². The summed E-state index contributed by atoms with van der Waals surface area (Å²) >= 11 is 0. The van der Waals surface area contributed by atoms with Crippen LogP contribution in [0.15, 0.2) is 35.1 Å². The van der Waals surface area contributed by atoms with Crippen LogP contribution in [0, 0.1) is 13.8 Å². The molecule has 1 aliphatic rings. The first-order chi connectivity index (χ1) is 11.6. The normalized spacial score (nSPS) is 14.9. The van der Waals surface area contributed by atoms with Crippen molar-refractivity contribution in [2.45, 2.75) is 20.3 Å². The molecule has 122 valence electrons. The largest absolute Gasteiger partial charge is 0.361 e. The molecule has 6 nitrogen and oxygen atoms in total. The molecule has 4 rings (SSSR count). The average Bonchev–Trinajstić information content (AvgIpc) is 3.18. The van der Waals surface area contributed by atoms with E-state index in [1.54, 1.807) is 20.0 Å². The Kier molecular flexibility index (Phi) is 3.45. The lowest BCUT2D eigenvalue weighted by Crippen LogP contribution is -2.35. The van der Waals surface area contributed by atoms with Gasteiger partial charge < -0.3 is 14.4 Å². The molecule has 0 saturated carbocycles. The van der Waals surface area contributed by atoms with Gasteiger partial charge in [-0.2, -0.15) is 0 Å². The van der Waals surface area contributed by atoms with Crippen LogP contribution in [0.4, 0.5) is 0 Å². The quantitative estimate of drug-likeness (QED) is 0.786. The van der Waals surface area contributed by atoms with Crippen molar-refractivity contribution >= 4 is 22.5 Å². The number of amides is 1. The first kappa shape index (κ1) is 14.7. The van der Waals surface area contributed by atoms with Gasteiger partial charge in [0, 0.05) is 36.4 Å². The molecule has 0 aliphatic carbocycles. The van der Waals surface area contributed by atoms with Gasteiger partial charge in [-0.1, -0.05) is 11.2 Å². The van der Waals surface area contributed by atoms with E-state index in [0.29, 0.717) is 30.1 Å². The number of rotatable bonds is 2. The number of H-pyrrole nitrogens is 1. The first-order valence-corrected chi connectivity index (χ1v) is 7.99. The Morgan fingerprint density at radius 3 is 2.96 bits per heavy atom. The van der Waals surface area contributed by atoms with Crippen molar-refractivity contribution in [2.75, 3.05) is 13.1 Å². The van der Waals surface area contributed by atoms with Crippen LogP contribution < -0.4 is 0 Å². The molecule has 0 bridgehead atoms. The van der Waals surface area contributed by atoms with E-state index in [-0.39, 0.29) is 5.91 Å². The number of aromatic amines is 1. The molecule has 0 unspecified atom stereocenters. The maximum Gasteiger partial charge on any atom is 0.259 e. The standard InChI is InChI=1S/C18H18N4O2/c1-11-16(12(2)24-21-11)18(23)22-8-5-13(6-9-22)15-10-20-17-14(15)4-3-7-19-17/h3-5,7,10H,6,8-9H2,1-2H3,(H,19,20). The summed E-state index contributed by atoms with van der Waals surface area (Å²) in [6, 6.07) is 4.01. The SMILES string of the molecule is Cc1noc(C)c1C(=O)N1CC=C(c2c[nH]c3ncccc23)CC1. The average molecular weight is 322 g/mol. The van der Waals surface area contributed by atoms with Gasteiger partial charge >= 0.3 is 0 Å². The number of nitrogens with one attached hydrogen (secondary N) is 1. The number of carbonyl (C=O) groups excluding carboxylic acids is 1. The lowest BCUT2D eigenvalue weighted by atomic mass is 9.99. The topological polar surface area (TPSA) is 75.0 Å². The third kappa shape index (κ3) is 2.31. The minimum absolute atomic E-state index is 0.0119. The maximum absolute atomic E-state index is 12.7. The number of carbonyl (C=O) groups is 1. The number of hydrogen-bond acceptors (Lipinski definition) is 4. The molecule has 0 radical (unpaired) electrons. The highest BCUT2D eigenvalue weighted by Gasteiger charge is 2.25. The number of aromatic nitrogens is 3.